The molecule has 2 aromatic rings. The second-order valence-electron chi connectivity index (χ2n) is 5.65. The quantitative estimate of drug-likeness (QED) is 0.412. The third kappa shape index (κ3) is 4.65. The van der Waals surface area contributed by atoms with E-state index in [0.29, 0.717) is 6.42 Å². The molecule has 0 spiro atoms. The first-order chi connectivity index (χ1) is 11.8. The number of allylic oxidation sites excluding steroid dienone is 1. The van der Waals surface area contributed by atoms with E-state index in [4.69, 9.17) is 0 Å². The van der Waals surface area contributed by atoms with Gasteiger partial charge in [-0.1, -0.05) is 19.1 Å². The van der Waals surface area contributed by atoms with Gasteiger partial charge in [0.05, 0.1) is 0 Å². The molecule has 0 saturated carbocycles. The maximum atomic E-state index is 14.1. The van der Waals surface area contributed by atoms with Crippen molar-refractivity contribution < 1.29 is 26.3 Å². The molecule has 25 heavy (non-hydrogen) atoms. The molecule has 0 aromatic heterocycles. The van der Waals surface area contributed by atoms with Crippen molar-refractivity contribution in [2.75, 3.05) is 0 Å². The van der Waals surface area contributed by atoms with E-state index in [-0.39, 0.29) is 36.0 Å². The van der Waals surface area contributed by atoms with Crippen LogP contribution in [0, 0.1) is 23.3 Å². The number of hydrogen-bond donors (Lipinski definition) is 0. The highest BCUT2D eigenvalue weighted by Crippen LogP contribution is 2.26. The summed E-state index contributed by atoms with van der Waals surface area (Å²) < 4.78 is 80.6. The number of hydrogen-bond acceptors (Lipinski definition) is 0. The molecule has 0 bridgehead atoms. The van der Waals surface area contributed by atoms with Crippen molar-refractivity contribution in [2.45, 2.75) is 32.6 Å². The molecule has 0 amide bonds. The third-order valence-electron chi connectivity index (χ3n) is 3.74. The highest BCUT2D eigenvalue weighted by atomic mass is 19.2. The molecule has 0 nitrogen and oxygen atoms in total. The van der Waals surface area contributed by atoms with Gasteiger partial charge in [-0.05, 0) is 48.6 Å². The number of benzene rings is 2. The lowest BCUT2D eigenvalue weighted by atomic mass is 10.0. The third-order valence-corrected chi connectivity index (χ3v) is 3.74. The molecule has 6 heteroatoms. The number of rotatable bonds is 6. The molecule has 0 atom stereocenters. The highest BCUT2D eigenvalue weighted by Gasteiger charge is 2.13. The van der Waals surface area contributed by atoms with Gasteiger partial charge in [-0.3, -0.25) is 0 Å². The average molecular weight is 358 g/mol. The van der Waals surface area contributed by atoms with Gasteiger partial charge in [-0.2, -0.15) is 0 Å². The average Bonchev–Trinajstić information content (AvgIpc) is 2.58. The van der Waals surface area contributed by atoms with Crippen LogP contribution in [0.3, 0.4) is 0 Å². The highest BCUT2D eigenvalue weighted by molar-refractivity contribution is 5.61. The summed E-state index contributed by atoms with van der Waals surface area (Å²) in [4.78, 5) is 0. The fourth-order valence-corrected chi connectivity index (χ4v) is 2.40. The fraction of sp³-hybridized carbons (Fsp3) is 0.263. The van der Waals surface area contributed by atoms with Crippen LogP contribution in [0.25, 0.3) is 5.83 Å². The van der Waals surface area contributed by atoms with Gasteiger partial charge < -0.3 is 0 Å². The lowest BCUT2D eigenvalue weighted by Gasteiger charge is -2.07. The Hall–Kier alpha value is -2.24. The molecular weight excluding hydrogens is 342 g/mol. The van der Waals surface area contributed by atoms with Crippen LogP contribution in [0.2, 0.25) is 0 Å². The van der Waals surface area contributed by atoms with Crippen LogP contribution in [-0.4, -0.2) is 0 Å². The number of aryl methyl sites for hydroxylation is 2. The van der Waals surface area contributed by atoms with Crippen molar-refractivity contribution in [1.29, 1.82) is 0 Å². The van der Waals surface area contributed by atoms with Gasteiger partial charge in [-0.15, -0.1) is 0 Å². The first-order valence-corrected chi connectivity index (χ1v) is 7.79. The van der Waals surface area contributed by atoms with Crippen molar-refractivity contribution in [1.82, 2.24) is 0 Å². The lowest BCUT2D eigenvalue weighted by molar-refractivity contribution is 0.445. The molecule has 134 valence electrons. The van der Waals surface area contributed by atoms with Gasteiger partial charge in [0.15, 0.2) is 23.3 Å². The predicted octanol–water partition coefficient (Wildman–Crippen LogP) is 6.44. The Morgan fingerprint density at radius 1 is 0.840 bits per heavy atom. The van der Waals surface area contributed by atoms with Gasteiger partial charge in [0.25, 0.3) is 0 Å². The zero-order chi connectivity index (χ0) is 18.6. The van der Waals surface area contributed by atoms with E-state index >= 15 is 0 Å². The Labute approximate surface area is 141 Å². The summed E-state index contributed by atoms with van der Waals surface area (Å²) in [5.41, 5.74) is 0.142. The van der Waals surface area contributed by atoms with Crippen molar-refractivity contribution in [3.05, 3.63) is 76.1 Å². The molecule has 0 aliphatic carbocycles. The maximum absolute atomic E-state index is 14.1. The Kier molecular flexibility index (Phi) is 6.28. The molecule has 0 fully saturated rings. The molecule has 0 unspecified atom stereocenters. The monoisotopic (exact) mass is 358 g/mol. The SMILES string of the molecule is CCC/C(F)=C(\F)c1ccc(CCc2cc(F)c(F)c(F)c2)c(F)c1. The van der Waals surface area contributed by atoms with Crippen LogP contribution in [0.5, 0.6) is 0 Å². The Balaban J connectivity index is 2.15. The van der Waals surface area contributed by atoms with E-state index in [0.717, 1.165) is 18.2 Å². The molecule has 0 heterocycles. The molecule has 2 aromatic carbocycles. The standard InChI is InChI=1S/C19H16F6/c1-2-3-14(20)18(24)13-7-6-12(15(21)10-13)5-4-11-8-16(22)19(25)17(23)9-11/h6-10H,2-5H2,1H3/b18-14+. The summed E-state index contributed by atoms with van der Waals surface area (Å²) in [5, 5.41) is 0. The minimum absolute atomic E-state index is 0.0624. The normalized spacial score (nSPS) is 12.3. The lowest BCUT2D eigenvalue weighted by Crippen LogP contribution is -1.99. The van der Waals surface area contributed by atoms with Crippen molar-refractivity contribution in [3.8, 4) is 0 Å². The molecule has 2 rings (SSSR count). The molecule has 0 N–H and O–H groups in total. The largest absolute Gasteiger partial charge is 0.209 e. The predicted molar refractivity (Wildman–Crippen MR) is 84.2 cm³/mol. The second-order valence-corrected chi connectivity index (χ2v) is 5.65. The summed E-state index contributed by atoms with van der Waals surface area (Å²) in [6.45, 7) is 1.69. The zero-order valence-corrected chi connectivity index (χ0v) is 13.5. The van der Waals surface area contributed by atoms with E-state index in [1.54, 1.807) is 6.92 Å². The van der Waals surface area contributed by atoms with Crippen LogP contribution >= 0.6 is 0 Å². The van der Waals surface area contributed by atoms with Crippen LogP contribution in [0.1, 0.15) is 36.5 Å². The van der Waals surface area contributed by atoms with Crippen LogP contribution in [0.15, 0.2) is 36.2 Å². The van der Waals surface area contributed by atoms with E-state index in [2.05, 4.69) is 0 Å². The van der Waals surface area contributed by atoms with E-state index in [1.165, 1.54) is 12.1 Å². The minimum atomic E-state index is -1.56. The summed E-state index contributed by atoms with van der Waals surface area (Å²) in [6, 6.07) is 5.10. The Morgan fingerprint density at radius 2 is 1.48 bits per heavy atom. The van der Waals surface area contributed by atoms with Gasteiger partial charge in [0.1, 0.15) is 11.6 Å². The summed E-state index contributed by atoms with van der Waals surface area (Å²) in [5.74, 6) is -6.98. The smallest absolute Gasteiger partial charge is 0.194 e. The molecule has 0 aliphatic heterocycles. The fourth-order valence-electron chi connectivity index (χ4n) is 2.40. The minimum Gasteiger partial charge on any atom is -0.209 e. The first-order valence-electron chi connectivity index (χ1n) is 7.79. The first kappa shape index (κ1) is 19.1. The van der Waals surface area contributed by atoms with Crippen LogP contribution < -0.4 is 0 Å². The van der Waals surface area contributed by atoms with Gasteiger partial charge >= 0.3 is 0 Å². The molecule has 0 aliphatic rings. The zero-order valence-electron chi connectivity index (χ0n) is 13.5. The molecule has 0 radical (unpaired) electrons. The van der Waals surface area contributed by atoms with E-state index in [9.17, 15) is 26.3 Å². The van der Waals surface area contributed by atoms with Crippen molar-refractivity contribution in [2.24, 2.45) is 0 Å². The summed E-state index contributed by atoms with van der Waals surface area (Å²) in [7, 11) is 0. The van der Waals surface area contributed by atoms with Gasteiger partial charge in [0, 0.05) is 12.0 Å². The summed E-state index contributed by atoms with van der Waals surface area (Å²) >= 11 is 0. The van der Waals surface area contributed by atoms with Crippen LogP contribution in [-0.2, 0) is 12.8 Å². The van der Waals surface area contributed by atoms with Gasteiger partial charge in [-0.25, -0.2) is 26.3 Å². The Morgan fingerprint density at radius 3 is 2.04 bits per heavy atom. The summed E-state index contributed by atoms with van der Waals surface area (Å²) in [6.07, 6.45) is 0.480. The molecular formula is C19H16F6. The second kappa shape index (κ2) is 8.23. The molecule has 0 saturated heterocycles. The van der Waals surface area contributed by atoms with E-state index < -0.39 is 34.9 Å². The maximum Gasteiger partial charge on any atom is 0.194 e. The Bertz CT molecular complexity index is 771. The van der Waals surface area contributed by atoms with Gasteiger partial charge in [0.2, 0.25) is 0 Å². The van der Waals surface area contributed by atoms with E-state index in [1.807, 2.05) is 0 Å². The van der Waals surface area contributed by atoms with Crippen molar-refractivity contribution in [3.63, 3.8) is 0 Å². The topological polar surface area (TPSA) is 0 Å². The van der Waals surface area contributed by atoms with Crippen molar-refractivity contribution >= 4 is 5.83 Å². The van der Waals surface area contributed by atoms with Crippen LogP contribution in [0.4, 0.5) is 26.3 Å². The number of halogens is 6.